The van der Waals surface area contributed by atoms with E-state index in [0.29, 0.717) is 31.1 Å². The monoisotopic (exact) mass is 381 g/mol. The first kappa shape index (κ1) is 20.9. The summed E-state index contributed by atoms with van der Waals surface area (Å²) in [4.78, 5) is 13.7. The summed E-state index contributed by atoms with van der Waals surface area (Å²) in [5.41, 5.74) is 8.01. The Labute approximate surface area is 157 Å². The maximum atomic E-state index is 13.2. The number of carbonyl (C=O) groups is 1. The van der Waals surface area contributed by atoms with Crippen LogP contribution in [0.4, 0.5) is 0 Å². The van der Waals surface area contributed by atoms with E-state index in [1.807, 2.05) is 30.9 Å². The third-order valence-corrected chi connectivity index (χ3v) is 7.36. The number of rotatable bonds is 4. The molecule has 146 valence electrons. The number of hydrogen-bond acceptors (Lipinski definition) is 4. The van der Waals surface area contributed by atoms with Crippen molar-refractivity contribution in [1.29, 1.82) is 0 Å². The van der Waals surface area contributed by atoms with Gasteiger partial charge in [0.25, 0.3) is 0 Å². The Bertz CT molecular complexity index is 766. The summed E-state index contributed by atoms with van der Waals surface area (Å²) in [6, 6.07) is 3.57. The van der Waals surface area contributed by atoms with Crippen LogP contribution in [0.3, 0.4) is 0 Å². The Balaban J connectivity index is 2.28. The number of nitrogens with two attached hydrogens (primary N) is 1. The molecule has 7 heteroatoms. The molecule has 2 rings (SSSR count). The summed E-state index contributed by atoms with van der Waals surface area (Å²) < 4.78 is 27.9. The fourth-order valence-corrected chi connectivity index (χ4v) is 5.26. The van der Waals surface area contributed by atoms with Crippen LogP contribution < -0.4 is 5.73 Å². The van der Waals surface area contributed by atoms with Gasteiger partial charge in [-0.05, 0) is 42.9 Å². The molecule has 1 amide bonds. The van der Waals surface area contributed by atoms with Crippen molar-refractivity contribution in [2.24, 2.45) is 5.73 Å². The lowest BCUT2D eigenvalue weighted by Crippen LogP contribution is -2.54. The Hall–Kier alpha value is -1.44. The van der Waals surface area contributed by atoms with Crippen LogP contribution in [0.15, 0.2) is 17.0 Å². The van der Waals surface area contributed by atoms with Gasteiger partial charge in [-0.3, -0.25) is 9.69 Å². The molecule has 1 aromatic carbocycles. The lowest BCUT2D eigenvalue weighted by molar-refractivity contribution is -0.123. The first-order valence-electron chi connectivity index (χ1n) is 9.01. The average molecular weight is 382 g/mol. The van der Waals surface area contributed by atoms with E-state index in [9.17, 15) is 13.2 Å². The minimum Gasteiger partial charge on any atom is -0.368 e. The Morgan fingerprint density at radius 2 is 1.54 bits per heavy atom. The molecule has 26 heavy (non-hydrogen) atoms. The molecule has 0 saturated carbocycles. The molecule has 1 heterocycles. The van der Waals surface area contributed by atoms with Crippen LogP contribution in [0.25, 0.3) is 0 Å². The van der Waals surface area contributed by atoms with Gasteiger partial charge in [0.1, 0.15) is 0 Å². The van der Waals surface area contributed by atoms with E-state index in [0.717, 1.165) is 16.7 Å². The first-order chi connectivity index (χ1) is 11.9. The van der Waals surface area contributed by atoms with E-state index in [4.69, 9.17) is 5.73 Å². The van der Waals surface area contributed by atoms with Gasteiger partial charge in [-0.2, -0.15) is 4.31 Å². The van der Waals surface area contributed by atoms with Crippen molar-refractivity contribution in [3.8, 4) is 0 Å². The van der Waals surface area contributed by atoms with Crippen LogP contribution in [-0.4, -0.2) is 55.8 Å². The molecule has 0 unspecified atom stereocenters. The summed E-state index contributed by atoms with van der Waals surface area (Å²) >= 11 is 0. The van der Waals surface area contributed by atoms with E-state index in [1.165, 1.54) is 4.31 Å². The van der Waals surface area contributed by atoms with Crippen molar-refractivity contribution in [3.05, 3.63) is 28.8 Å². The predicted octanol–water partition coefficient (Wildman–Crippen LogP) is 1.78. The zero-order valence-corrected chi connectivity index (χ0v) is 17.5. The van der Waals surface area contributed by atoms with Crippen LogP contribution in [0, 0.1) is 13.8 Å². The number of nitrogens with zero attached hydrogens (tertiary/aromatic N) is 2. The molecule has 1 atom stereocenters. The fourth-order valence-electron chi connectivity index (χ4n) is 3.43. The lowest BCUT2D eigenvalue weighted by Gasteiger charge is -2.36. The summed E-state index contributed by atoms with van der Waals surface area (Å²) in [5.74, 6) is -0.384. The minimum atomic E-state index is -3.56. The van der Waals surface area contributed by atoms with E-state index >= 15 is 0 Å². The van der Waals surface area contributed by atoms with Crippen LogP contribution in [0.2, 0.25) is 0 Å². The smallest absolute Gasteiger partial charge is 0.243 e. The number of aryl methyl sites for hydroxylation is 2. The van der Waals surface area contributed by atoms with Gasteiger partial charge in [0.05, 0.1) is 10.9 Å². The quantitative estimate of drug-likeness (QED) is 0.862. The zero-order chi connectivity index (χ0) is 19.9. The van der Waals surface area contributed by atoms with Gasteiger partial charge in [-0.25, -0.2) is 8.42 Å². The Morgan fingerprint density at radius 3 is 1.92 bits per heavy atom. The third kappa shape index (κ3) is 4.10. The molecule has 0 radical (unpaired) electrons. The first-order valence-corrected chi connectivity index (χ1v) is 10.4. The number of benzene rings is 1. The molecule has 0 aromatic heterocycles. The summed E-state index contributed by atoms with van der Waals surface area (Å²) in [7, 11) is -3.56. The van der Waals surface area contributed by atoms with Gasteiger partial charge in [0, 0.05) is 26.2 Å². The van der Waals surface area contributed by atoms with Crippen molar-refractivity contribution in [2.45, 2.75) is 57.9 Å². The lowest BCUT2D eigenvalue weighted by atomic mass is 9.85. The maximum absolute atomic E-state index is 13.2. The highest BCUT2D eigenvalue weighted by Gasteiger charge is 2.33. The van der Waals surface area contributed by atoms with Crippen molar-refractivity contribution < 1.29 is 13.2 Å². The van der Waals surface area contributed by atoms with Crippen molar-refractivity contribution in [2.75, 3.05) is 26.2 Å². The normalized spacial score (nSPS) is 18.7. The largest absolute Gasteiger partial charge is 0.368 e. The molecule has 1 aromatic rings. The fraction of sp³-hybridized carbons (Fsp3) is 0.632. The molecule has 1 fully saturated rings. The highest BCUT2D eigenvalue weighted by atomic mass is 32.2. The topological polar surface area (TPSA) is 83.7 Å². The van der Waals surface area contributed by atoms with Crippen molar-refractivity contribution in [1.82, 2.24) is 9.21 Å². The van der Waals surface area contributed by atoms with E-state index < -0.39 is 10.0 Å². The molecular weight excluding hydrogens is 350 g/mol. The summed E-state index contributed by atoms with van der Waals surface area (Å²) in [5, 5.41) is 0. The van der Waals surface area contributed by atoms with Gasteiger partial charge >= 0.3 is 0 Å². The number of sulfonamides is 1. The van der Waals surface area contributed by atoms with Gasteiger partial charge in [0.2, 0.25) is 15.9 Å². The van der Waals surface area contributed by atoms with Crippen LogP contribution >= 0.6 is 0 Å². The Morgan fingerprint density at radius 1 is 1.08 bits per heavy atom. The molecular formula is C19H31N3O3S. The molecule has 1 aliphatic rings. The molecule has 0 bridgehead atoms. The third-order valence-electron chi connectivity index (χ3n) is 5.16. The predicted molar refractivity (Wildman–Crippen MR) is 104 cm³/mol. The van der Waals surface area contributed by atoms with E-state index in [-0.39, 0.29) is 17.4 Å². The summed E-state index contributed by atoms with van der Waals surface area (Å²) in [6.45, 7) is 13.6. The Kier molecular flexibility index (Phi) is 5.85. The molecule has 1 saturated heterocycles. The molecule has 0 spiro atoms. The number of piperazine rings is 1. The van der Waals surface area contributed by atoms with Crippen LogP contribution in [-0.2, 0) is 20.2 Å². The van der Waals surface area contributed by atoms with Crippen molar-refractivity contribution >= 4 is 15.9 Å². The van der Waals surface area contributed by atoms with Gasteiger partial charge < -0.3 is 5.73 Å². The molecule has 6 nitrogen and oxygen atoms in total. The zero-order valence-electron chi connectivity index (χ0n) is 16.7. The molecule has 1 aliphatic heterocycles. The number of hydrogen-bond donors (Lipinski definition) is 1. The van der Waals surface area contributed by atoms with Crippen LogP contribution in [0.1, 0.15) is 44.4 Å². The van der Waals surface area contributed by atoms with Crippen LogP contribution in [0.5, 0.6) is 0 Å². The minimum absolute atomic E-state index is 0.0334. The second kappa shape index (κ2) is 7.29. The second-order valence-corrected chi connectivity index (χ2v) is 10.1. The van der Waals surface area contributed by atoms with Gasteiger partial charge in [0.15, 0.2) is 0 Å². The highest BCUT2D eigenvalue weighted by Crippen LogP contribution is 2.31. The van der Waals surface area contributed by atoms with Crippen molar-refractivity contribution in [3.63, 3.8) is 0 Å². The standard InChI is InChI=1S/C19H31N3O3S/c1-13-11-16(19(4,5)6)12-14(2)17(13)26(24,25)22-9-7-21(8-10-22)15(3)18(20)23/h11-12,15H,7-10H2,1-6H3,(H2,20,23)/t15-/m0/s1. The van der Waals surface area contributed by atoms with Gasteiger partial charge in [-0.1, -0.05) is 32.9 Å². The highest BCUT2D eigenvalue weighted by molar-refractivity contribution is 7.89. The SMILES string of the molecule is Cc1cc(C(C)(C)C)cc(C)c1S(=O)(=O)N1CCN([C@@H](C)C(N)=O)CC1. The average Bonchev–Trinajstić information content (AvgIpc) is 2.52. The number of primary amides is 1. The molecule has 0 aliphatic carbocycles. The van der Waals surface area contributed by atoms with E-state index in [2.05, 4.69) is 20.8 Å². The second-order valence-electron chi connectivity index (χ2n) is 8.21. The number of amides is 1. The number of carbonyl (C=O) groups excluding carboxylic acids is 1. The molecule has 2 N–H and O–H groups in total. The van der Waals surface area contributed by atoms with Gasteiger partial charge in [-0.15, -0.1) is 0 Å². The summed E-state index contributed by atoms with van der Waals surface area (Å²) in [6.07, 6.45) is 0. The maximum Gasteiger partial charge on any atom is 0.243 e. The van der Waals surface area contributed by atoms with E-state index in [1.54, 1.807) is 6.92 Å².